The van der Waals surface area contributed by atoms with Crippen molar-refractivity contribution in [2.75, 3.05) is 26.2 Å². The van der Waals surface area contributed by atoms with Gasteiger partial charge in [0, 0.05) is 25.0 Å². The van der Waals surface area contributed by atoms with Crippen LogP contribution < -0.4 is 5.76 Å². The Bertz CT molecular complexity index is 1030. The maximum atomic E-state index is 13.1. The Kier molecular flexibility index (Phi) is 6.69. The van der Waals surface area contributed by atoms with Crippen LogP contribution >= 0.6 is 0 Å². The molecular formula is C24H33N3O5. The van der Waals surface area contributed by atoms with E-state index in [1.165, 1.54) is 0 Å². The molecule has 0 spiro atoms. The fourth-order valence-electron chi connectivity index (χ4n) is 5.30. The number of nitrogens with one attached hydrogen (secondary N) is 1. The lowest BCUT2D eigenvalue weighted by Crippen LogP contribution is -2.51. The number of fused-ring (bicyclic) bond motifs is 1. The third kappa shape index (κ3) is 4.60. The summed E-state index contributed by atoms with van der Waals surface area (Å²) in [5, 5.41) is 0. The van der Waals surface area contributed by atoms with Crippen LogP contribution in [0.2, 0.25) is 0 Å². The number of nitrogens with zero attached hydrogens (tertiary/aromatic N) is 2. The molecule has 8 heteroatoms. The highest BCUT2D eigenvalue weighted by Gasteiger charge is 2.38. The van der Waals surface area contributed by atoms with Crippen molar-refractivity contribution in [3.05, 3.63) is 33.8 Å². The summed E-state index contributed by atoms with van der Waals surface area (Å²) >= 11 is 0. The summed E-state index contributed by atoms with van der Waals surface area (Å²) < 4.78 is 10.5. The SMILES string of the molecule is CCOC(=O)[C@H]1CCCN1C1CCN(C(=O)[C@H](C)Cc2cc(C)c3[nH]c(=O)oc3c2)CC1. The van der Waals surface area contributed by atoms with Crippen molar-refractivity contribution in [2.24, 2.45) is 5.92 Å². The number of carbonyl (C=O) groups is 2. The molecule has 0 aliphatic carbocycles. The Balaban J connectivity index is 1.34. The second-order valence-corrected chi connectivity index (χ2v) is 9.11. The van der Waals surface area contributed by atoms with E-state index in [1.54, 1.807) is 0 Å². The van der Waals surface area contributed by atoms with Crippen LogP contribution in [0, 0.1) is 12.8 Å². The van der Waals surface area contributed by atoms with Crippen LogP contribution in [0.1, 0.15) is 50.7 Å². The van der Waals surface area contributed by atoms with Gasteiger partial charge in [-0.1, -0.05) is 13.0 Å². The number of carbonyl (C=O) groups excluding carboxylic acids is 2. The molecule has 1 aromatic carbocycles. The number of benzene rings is 1. The van der Waals surface area contributed by atoms with Crippen LogP contribution in [0.3, 0.4) is 0 Å². The third-order valence-electron chi connectivity index (χ3n) is 6.85. The van der Waals surface area contributed by atoms with Crippen LogP contribution in [0.5, 0.6) is 0 Å². The second kappa shape index (κ2) is 9.48. The van der Waals surface area contributed by atoms with Gasteiger partial charge in [0.1, 0.15) is 6.04 Å². The van der Waals surface area contributed by atoms with Gasteiger partial charge in [-0.3, -0.25) is 19.5 Å². The summed E-state index contributed by atoms with van der Waals surface area (Å²) in [7, 11) is 0. The van der Waals surface area contributed by atoms with Crippen molar-refractivity contribution in [3.8, 4) is 0 Å². The van der Waals surface area contributed by atoms with Gasteiger partial charge in [0.15, 0.2) is 5.58 Å². The fourth-order valence-corrected chi connectivity index (χ4v) is 5.30. The normalized spacial score (nSPS) is 21.2. The highest BCUT2D eigenvalue weighted by atomic mass is 16.5. The van der Waals surface area contributed by atoms with Gasteiger partial charge in [-0.2, -0.15) is 0 Å². The largest absolute Gasteiger partial charge is 0.465 e. The molecule has 2 fully saturated rings. The van der Waals surface area contributed by atoms with Crippen molar-refractivity contribution in [1.29, 1.82) is 0 Å². The van der Waals surface area contributed by atoms with E-state index in [2.05, 4.69) is 9.88 Å². The zero-order valence-electron chi connectivity index (χ0n) is 19.2. The number of aromatic amines is 1. The van der Waals surface area contributed by atoms with Gasteiger partial charge in [-0.05, 0) is 69.7 Å². The fraction of sp³-hybridized carbons (Fsp3) is 0.625. The number of H-pyrrole nitrogens is 1. The van der Waals surface area contributed by atoms with Gasteiger partial charge in [0.05, 0.1) is 12.1 Å². The summed E-state index contributed by atoms with van der Waals surface area (Å²) in [5.74, 6) is -0.577. The summed E-state index contributed by atoms with van der Waals surface area (Å²) in [4.78, 5) is 43.8. The molecule has 0 bridgehead atoms. The molecule has 32 heavy (non-hydrogen) atoms. The van der Waals surface area contributed by atoms with Crippen molar-refractivity contribution in [2.45, 2.75) is 65.0 Å². The molecule has 3 heterocycles. The average molecular weight is 444 g/mol. The van der Waals surface area contributed by atoms with Crippen LogP contribution in [0.25, 0.3) is 11.1 Å². The average Bonchev–Trinajstić information content (AvgIpc) is 3.40. The molecule has 174 valence electrons. The van der Waals surface area contributed by atoms with E-state index in [0.29, 0.717) is 43.3 Å². The van der Waals surface area contributed by atoms with Gasteiger partial charge < -0.3 is 14.1 Å². The molecule has 1 amide bonds. The number of piperidine rings is 1. The molecule has 1 N–H and O–H groups in total. The molecule has 2 saturated heterocycles. The minimum absolute atomic E-state index is 0.109. The topological polar surface area (TPSA) is 95.9 Å². The van der Waals surface area contributed by atoms with E-state index < -0.39 is 5.76 Å². The first-order valence-corrected chi connectivity index (χ1v) is 11.7. The second-order valence-electron chi connectivity index (χ2n) is 9.11. The summed E-state index contributed by atoms with van der Waals surface area (Å²) in [6.45, 7) is 8.49. The molecular weight excluding hydrogens is 410 g/mol. The number of hydrogen-bond donors (Lipinski definition) is 1. The van der Waals surface area contributed by atoms with Crippen LogP contribution in [-0.4, -0.2) is 65.0 Å². The Morgan fingerprint density at radius 2 is 1.97 bits per heavy atom. The highest BCUT2D eigenvalue weighted by molar-refractivity contribution is 5.80. The molecule has 2 aromatic rings. The number of aryl methyl sites for hydroxylation is 1. The lowest BCUT2D eigenvalue weighted by Gasteiger charge is -2.39. The van der Waals surface area contributed by atoms with Crippen LogP contribution in [0.4, 0.5) is 0 Å². The van der Waals surface area contributed by atoms with Gasteiger partial charge >= 0.3 is 11.7 Å². The minimum atomic E-state index is -0.463. The first kappa shape index (κ1) is 22.6. The zero-order valence-corrected chi connectivity index (χ0v) is 19.2. The number of likely N-dealkylation sites (tertiary alicyclic amines) is 2. The van der Waals surface area contributed by atoms with Crippen molar-refractivity contribution >= 4 is 23.0 Å². The maximum Gasteiger partial charge on any atom is 0.417 e. The van der Waals surface area contributed by atoms with E-state index in [0.717, 1.165) is 43.4 Å². The number of ether oxygens (including phenoxy) is 1. The lowest BCUT2D eigenvalue weighted by atomic mass is 9.96. The Morgan fingerprint density at radius 1 is 1.22 bits per heavy atom. The molecule has 1 aromatic heterocycles. The number of esters is 1. The number of hydrogen-bond acceptors (Lipinski definition) is 6. The van der Waals surface area contributed by atoms with Gasteiger partial charge in [0.2, 0.25) is 5.91 Å². The molecule has 8 nitrogen and oxygen atoms in total. The van der Waals surface area contributed by atoms with E-state index in [-0.39, 0.29) is 23.8 Å². The zero-order chi connectivity index (χ0) is 22.8. The standard InChI is InChI=1S/C24H33N3O5/c1-4-31-23(29)19-6-5-9-27(19)18-7-10-26(11-8-18)22(28)16(3)13-17-12-15(2)21-20(14-17)32-24(30)25-21/h12,14,16,18-19H,4-11,13H2,1-3H3,(H,25,30)/t16-,19-/m1/s1. The third-order valence-corrected chi connectivity index (χ3v) is 6.85. The number of aromatic nitrogens is 1. The van der Waals surface area contributed by atoms with E-state index in [4.69, 9.17) is 9.15 Å². The maximum absolute atomic E-state index is 13.1. The predicted molar refractivity (Wildman–Crippen MR) is 120 cm³/mol. The first-order valence-electron chi connectivity index (χ1n) is 11.7. The summed E-state index contributed by atoms with van der Waals surface area (Å²) in [6, 6.07) is 4.05. The van der Waals surface area contributed by atoms with Crippen LogP contribution in [0.15, 0.2) is 21.3 Å². The Labute approximate surface area is 187 Å². The number of rotatable bonds is 6. The summed E-state index contributed by atoms with van der Waals surface area (Å²) in [5.41, 5.74) is 3.17. The van der Waals surface area contributed by atoms with Gasteiger partial charge in [-0.15, -0.1) is 0 Å². The molecule has 2 aliphatic heterocycles. The smallest absolute Gasteiger partial charge is 0.417 e. The first-order chi connectivity index (χ1) is 15.4. The molecule has 0 unspecified atom stereocenters. The number of oxazole rings is 1. The molecule has 4 rings (SSSR count). The van der Waals surface area contributed by atoms with Crippen molar-refractivity contribution < 1.29 is 18.7 Å². The van der Waals surface area contributed by atoms with E-state index in [1.807, 2.05) is 37.8 Å². The molecule has 2 aliphatic rings. The van der Waals surface area contributed by atoms with E-state index >= 15 is 0 Å². The predicted octanol–water partition coefficient (Wildman–Crippen LogP) is 2.63. The molecule has 0 radical (unpaired) electrons. The molecule has 0 saturated carbocycles. The van der Waals surface area contributed by atoms with Crippen molar-refractivity contribution in [3.63, 3.8) is 0 Å². The van der Waals surface area contributed by atoms with Gasteiger partial charge in [0.25, 0.3) is 0 Å². The van der Waals surface area contributed by atoms with Crippen LogP contribution in [-0.2, 0) is 20.7 Å². The Hall–Kier alpha value is -2.61. The van der Waals surface area contributed by atoms with E-state index in [9.17, 15) is 14.4 Å². The van der Waals surface area contributed by atoms with Gasteiger partial charge in [-0.25, -0.2) is 4.79 Å². The highest BCUT2D eigenvalue weighted by Crippen LogP contribution is 2.28. The molecule has 2 atom stereocenters. The quantitative estimate of drug-likeness (QED) is 0.690. The monoisotopic (exact) mass is 443 g/mol. The number of amides is 1. The lowest BCUT2D eigenvalue weighted by molar-refractivity contribution is -0.150. The van der Waals surface area contributed by atoms with Crippen molar-refractivity contribution in [1.82, 2.24) is 14.8 Å². The summed E-state index contributed by atoms with van der Waals surface area (Å²) in [6.07, 6.45) is 4.24. The minimum Gasteiger partial charge on any atom is -0.465 e. The Morgan fingerprint density at radius 3 is 2.69 bits per heavy atom.